The van der Waals surface area contributed by atoms with E-state index in [-0.39, 0.29) is 5.56 Å². The first-order chi connectivity index (χ1) is 9.50. The van der Waals surface area contributed by atoms with E-state index in [0.717, 1.165) is 0 Å². The van der Waals surface area contributed by atoms with E-state index in [1.807, 2.05) is 0 Å². The van der Waals surface area contributed by atoms with Gasteiger partial charge in [0.2, 0.25) is 0 Å². The lowest BCUT2D eigenvalue weighted by Crippen LogP contribution is -2.27. The zero-order valence-electron chi connectivity index (χ0n) is 10.8. The van der Waals surface area contributed by atoms with Crippen LogP contribution in [0, 0.1) is 0 Å². The number of nitrogens with one attached hydrogen (secondary N) is 1. The first-order valence-electron chi connectivity index (χ1n) is 6.03. The van der Waals surface area contributed by atoms with Gasteiger partial charge in [-0.1, -0.05) is 30.3 Å². The molecule has 2 aromatic rings. The molecule has 1 unspecified atom stereocenters. The van der Waals surface area contributed by atoms with E-state index >= 15 is 0 Å². The molecule has 0 radical (unpaired) electrons. The topological polar surface area (TPSA) is 21.3 Å². The average molecular weight is 281 g/mol. The number of rotatable bonds is 4. The Morgan fingerprint density at radius 1 is 0.950 bits per heavy atom. The maximum Gasteiger partial charge on any atom is 0.412 e. The highest BCUT2D eigenvalue weighted by atomic mass is 19.4. The number of halogens is 3. The minimum absolute atomic E-state index is 0.177. The van der Waals surface area contributed by atoms with E-state index in [0.29, 0.717) is 11.4 Å². The third-order valence-corrected chi connectivity index (χ3v) is 2.86. The standard InChI is InChI=1S/C15H14F3NO/c1-20-13-9-7-12(8-10-13)19-14(15(16,17)18)11-5-3-2-4-6-11/h2-10,14,19H,1H3. The summed E-state index contributed by atoms with van der Waals surface area (Å²) in [5.74, 6) is 0.596. The van der Waals surface area contributed by atoms with Gasteiger partial charge < -0.3 is 10.1 Å². The molecule has 0 aliphatic heterocycles. The van der Waals surface area contributed by atoms with Crippen molar-refractivity contribution in [2.45, 2.75) is 12.2 Å². The molecule has 0 heterocycles. The number of methoxy groups -OCH3 is 1. The molecule has 0 aromatic heterocycles. The molecule has 1 atom stereocenters. The molecule has 0 bridgehead atoms. The van der Waals surface area contributed by atoms with Crippen molar-refractivity contribution < 1.29 is 17.9 Å². The van der Waals surface area contributed by atoms with Gasteiger partial charge in [0.25, 0.3) is 0 Å². The van der Waals surface area contributed by atoms with Gasteiger partial charge >= 0.3 is 6.18 Å². The lowest BCUT2D eigenvalue weighted by atomic mass is 10.1. The van der Waals surface area contributed by atoms with E-state index in [1.54, 1.807) is 42.5 Å². The lowest BCUT2D eigenvalue weighted by molar-refractivity contribution is -0.144. The van der Waals surface area contributed by atoms with Crippen LogP contribution in [-0.4, -0.2) is 13.3 Å². The molecule has 106 valence electrons. The molecule has 2 nitrogen and oxygen atoms in total. The van der Waals surface area contributed by atoms with Crippen molar-refractivity contribution in [3.63, 3.8) is 0 Å². The molecule has 0 spiro atoms. The van der Waals surface area contributed by atoms with Crippen LogP contribution in [0.3, 0.4) is 0 Å². The quantitative estimate of drug-likeness (QED) is 0.896. The van der Waals surface area contributed by atoms with Crippen LogP contribution in [-0.2, 0) is 0 Å². The zero-order valence-corrected chi connectivity index (χ0v) is 10.8. The first kappa shape index (κ1) is 14.2. The van der Waals surface area contributed by atoms with Crippen LogP contribution in [0.1, 0.15) is 11.6 Å². The smallest absolute Gasteiger partial charge is 0.412 e. The first-order valence-corrected chi connectivity index (χ1v) is 6.03. The number of benzene rings is 2. The monoisotopic (exact) mass is 281 g/mol. The summed E-state index contributed by atoms with van der Waals surface area (Å²) < 4.78 is 44.4. The summed E-state index contributed by atoms with van der Waals surface area (Å²) in [5.41, 5.74) is 0.563. The van der Waals surface area contributed by atoms with Crippen LogP contribution in [0.2, 0.25) is 0 Å². The Balaban J connectivity index is 2.24. The number of anilines is 1. The van der Waals surface area contributed by atoms with Crippen molar-refractivity contribution in [2.75, 3.05) is 12.4 Å². The van der Waals surface area contributed by atoms with Crippen LogP contribution in [0.25, 0.3) is 0 Å². The van der Waals surface area contributed by atoms with Gasteiger partial charge in [-0.2, -0.15) is 13.2 Å². The highest BCUT2D eigenvalue weighted by Crippen LogP contribution is 2.35. The largest absolute Gasteiger partial charge is 0.497 e. The summed E-state index contributed by atoms with van der Waals surface area (Å²) in [5, 5.41) is 2.51. The second-order valence-corrected chi connectivity index (χ2v) is 4.26. The molecule has 0 amide bonds. The fourth-order valence-corrected chi connectivity index (χ4v) is 1.85. The van der Waals surface area contributed by atoms with Gasteiger partial charge in [-0.05, 0) is 29.8 Å². The van der Waals surface area contributed by atoms with Crippen LogP contribution in [0.5, 0.6) is 5.75 Å². The van der Waals surface area contributed by atoms with Gasteiger partial charge in [0, 0.05) is 5.69 Å². The Morgan fingerprint density at radius 3 is 2.05 bits per heavy atom. The summed E-state index contributed by atoms with van der Waals surface area (Å²) in [4.78, 5) is 0. The molecule has 2 aromatic carbocycles. The maximum atomic E-state index is 13.1. The van der Waals surface area contributed by atoms with Gasteiger partial charge in [0.05, 0.1) is 7.11 Å². The summed E-state index contributed by atoms with van der Waals surface area (Å²) in [6.07, 6.45) is -4.37. The van der Waals surface area contributed by atoms with E-state index in [1.165, 1.54) is 19.2 Å². The van der Waals surface area contributed by atoms with E-state index in [2.05, 4.69) is 5.32 Å². The van der Waals surface area contributed by atoms with E-state index < -0.39 is 12.2 Å². The third kappa shape index (κ3) is 3.44. The molecular weight excluding hydrogens is 267 g/mol. The molecule has 0 saturated heterocycles. The van der Waals surface area contributed by atoms with Crippen LogP contribution in [0.15, 0.2) is 54.6 Å². The van der Waals surface area contributed by atoms with Crippen molar-refractivity contribution >= 4 is 5.69 Å². The SMILES string of the molecule is COc1ccc(NC(c2ccccc2)C(F)(F)F)cc1. The maximum absolute atomic E-state index is 13.1. The van der Waals surface area contributed by atoms with E-state index in [4.69, 9.17) is 4.74 Å². The summed E-state index contributed by atoms with van der Waals surface area (Å²) >= 11 is 0. The Bertz CT molecular complexity index is 537. The summed E-state index contributed by atoms with van der Waals surface area (Å²) in [6.45, 7) is 0. The summed E-state index contributed by atoms with van der Waals surface area (Å²) in [7, 11) is 1.50. The number of hydrogen-bond acceptors (Lipinski definition) is 2. The Hall–Kier alpha value is -2.17. The van der Waals surface area contributed by atoms with Crippen molar-refractivity contribution in [3.8, 4) is 5.75 Å². The lowest BCUT2D eigenvalue weighted by Gasteiger charge is -2.23. The number of hydrogen-bond donors (Lipinski definition) is 1. The highest BCUT2D eigenvalue weighted by molar-refractivity contribution is 5.48. The molecule has 0 saturated carbocycles. The molecule has 0 aliphatic rings. The zero-order chi connectivity index (χ0) is 14.6. The number of alkyl halides is 3. The Morgan fingerprint density at radius 2 is 1.55 bits per heavy atom. The van der Waals surface area contributed by atoms with Gasteiger partial charge in [-0.15, -0.1) is 0 Å². The predicted molar refractivity (Wildman–Crippen MR) is 71.9 cm³/mol. The van der Waals surface area contributed by atoms with Gasteiger partial charge in [-0.3, -0.25) is 0 Å². The van der Waals surface area contributed by atoms with Crippen molar-refractivity contribution in [1.29, 1.82) is 0 Å². The molecule has 0 aliphatic carbocycles. The highest BCUT2D eigenvalue weighted by Gasteiger charge is 2.40. The molecule has 0 fully saturated rings. The van der Waals surface area contributed by atoms with Crippen molar-refractivity contribution in [2.24, 2.45) is 0 Å². The molecular formula is C15H14F3NO. The van der Waals surface area contributed by atoms with E-state index in [9.17, 15) is 13.2 Å². The fourth-order valence-electron chi connectivity index (χ4n) is 1.85. The number of ether oxygens (including phenoxy) is 1. The molecule has 2 rings (SSSR count). The van der Waals surface area contributed by atoms with Gasteiger partial charge in [0.1, 0.15) is 11.8 Å². The molecule has 5 heteroatoms. The van der Waals surface area contributed by atoms with Gasteiger partial charge in [-0.25, -0.2) is 0 Å². The summed E-state index contributed by atoms with van der Waals surface area (Å²) in [6, 6.07) is 12.4. The van der Waals surface area contributed by atoms with Crippen molar-refractivity contribution in [1.82, 2.24) is 0 Å². The second kappa shape index (κ2) is 5.86. The van der Waals surface area contributed by atoms with Gasteiger partial charge in [0.15, 0.2) is 0 Å². The van der Waals surface area contributed by atoms with Crippen molar-refractivity contribution in [3.05, 3.63) is 60.2 Å². The minimum atomic E-state index is -4.37. The Kier molecular flexibility index (Phi) is 4.17. The molecule has 20 heavy (non-hydrogen) atoms. The normalized spacial score (nSPS) is 12.8. The second-order valence-electron chi connectivity index (χ2n) is 4.26. The van der Waals surface area contributed by atoms with Crippen LogP contribution >= 0.6 is 0 Å². The molecule has 1 N–H and O–H groups in total. The predicted octanol–water partition coefficient (Wildman–Crippen LogP) is 4.41. The fraction of sp³-hybridized carbons (Fsp3) is 0.200. The average Bonchev–Trinajstić information content (AvgIpc) is 2.45. The Labute approximate surface area is 115 Å². The minimum Gasteiger partial charge on any atom is -0.497 e. The van der Waals surface area contributed by atoms with Crippen LogP contribution < -0.4 is 10.1 Å². The third-order valence-electron chi connectivity index (χ3n) is 2.86. The van der Waals surface area contributed by atoms with Crippen LogP contribution in [0.4, 0.5) is 18.9 Å².